The minimum atomic E-state index is -0.168. The van der Waals surface area contributed by atoms with Crippen molar-refractivity contribution in [1.29, 1.82) is 0 Å². The number of nitrogens with one attached hydrogen (secondary N) is 1. The molecule has 6 heteroatoms. The van der Waals surface area contributed by atoms with Crippen LogP contribution in [-0.4, -0.2) is 18.2 Å². The summed E-state index contributed by atoms with van der Waals surface area (Å²) < 4.78 is 11.8. The Hall–Kier alpha value is -4.81. The van der Waals surface area contributed by atoms with E-state index in [4.69, 9.17) is 9.47 Å². The van der Waals surface area contributed by atoms with Crippen LogP contribution in [-0.2, 0) is 12.0 Å². The topological polar surface area (TPSA) is 64.6 Å². The van der Waals surface area contributed by atoms with E-state index in [1.807, 2.05) is 72.8 Å². The molecule has 5 aromatic carbocycles. The van der Waals surface area contributed by atoms with Crippen LogP contribution < -0.4 is 14.8 Å². The van der Waals surface area contributed by atoms with Crippen molar-refractivity contribution < 1.29 is 19.1 Å². The number of fused-ring (bicyclic) bond motifs is 2. The van der Waals surface area contributed by atoms with E-state index in [9.17, 15) is 9.59 Å². The third kappa shape index (κ3) is 7.28. The fourth-order valence-corrected chi connectivity index (χ4v) is 6.50. The van der Waals surface area contributed by atoms with E-state index >= 15 is 0 Å². The number of carbonyl (C=O) groups excluding carboxylic acids is 2. The Morgan fingerprint density at radius 2 is 1.30 bits per heavy atom. The summed E-state index contributed by atoms with van der Waals surface area (Å²) in [5.74, 6) is 1.24. The highest BCUT2D eigenvalue weighted by molar-refractivity contribution is 7.99. The van der Waals surface area contributed by atoms with Gasteiger partial charge in [0.25, 0.3) is 0 Å². The van der Waals surface area contributed by atoms with Gasteiger partial charge in [0, 0.05) is 32.2 Å². The number of hydrogen-bond donors (Lipinski definition) is 1. The first kappa shape index (κ1) is 32.1. The first-order valence-corrected chi connectivity index (χ1v) is 16.9. The van der Waals surface area contributed by atoms with E-state index in [0.717, 1.165) is 45.4 Å². The summed E-state index contributed by atoms with van der Waals surface area (Å²) in [5.41, 5.74) is 5.58. The second kappa shape index (κ2) is 13.9. The molecule has 1 aliphatic carbocycles. The molecule has 238 valence electrons. The average molecular weight is 642 g/mol. The quantitative estimate of drug-likeness (QED) is 0.142. The minimum absolute atomic E-state index is 0.114. The summed E-state index contributed by atoms with van der Waals surface area (Å²) in [4.78, 5) is 29.6. The molecule has 0 fully saturated rings. The molecule has 5 aromatic rings. The standard InChI is InChI=1S/C41H39NO4S/c1-5-6-25-45-30-19-17-29(18-20-30)42-35-11-7-9-33-37(35)39(43)34-10-8-12-36(38(34)40(33)44)47-32-23-21-31(22-24-32)46-26-27-13-15-28(16-14-27)41(2,3)4/h7-24,42H,5-6,25-26H2,1-4H3. The van der Waals surface area contributed by atoms with Crippen LogP contribution in [0.2, 0.25) is 0 Å². The van der Waals surface area contributed by atoms with Gasteiger partial charge in [0.15, 0.2) is 11.6 Å². The van der Waals surface area contributed by atoms with Gasteiger partial charge in [-0.2, -0.15) is 0 Å². The fourth-order valence-electron chi connectivity index (χ4n) is 5.52. The molecule has 47 heavy (non-hydrogen) atoms. The summed E-state index contributed by atoms with van der Waals surface area (Å²) >= 11 is 1.47. The molecule has 0 radical (unpaired) electrons. The molecule has 0 saturated heterocycles. The predicted molar refractivity (Wildman–Crippen MR) is 190 cm³/mol. The van der Waals surface area contributed by atoms with Crippen molar-refractivity contribution in [2.24, 2.45) is 0 Å². The number of ketones is 2. The highest BCUT2D eigenvalue weighted by Gasteiger charge is 2.33. The molecule has 0 unspecified atom stereocenters. The Balaban J connectivity index is 1.16. The van der Waals surface area contributed by atoms with Gasteiger partial charge < -0.3 is 14.8 Å². The molecule has 1 N–H and O–H groups in total. The van der Waals surface area contributed by atoms with Gasteiger partial charge >= 0.3 is 0 Å². The molecule has 0 aliphatic heterocycles. The Morgan fingerprint density at radius 3 is 1.98 bits per heavy atom. The zero-order valence-electron chi connectivity index (χ0n) is 27.3. The van der Waals surface area contributed by atoms with Crippen LogP contribution in [0.4, 0.5) is 11.4 Å². The second-order valence-corrected chi connectivity index (χ2v) is 13.8. The first-order valence-electron chi connectivity index (χ1n) is 16.1. The maximum atomic E-state index is 14.0. The molecule has 1 aliphatic rings. The number of benzene rings is 5. The molecule has 0 amide bonds. The van der Waals surface area contributed by atoms with Gasteiger partial charge in [-0.1, -0.05) is 94.4 Å². The lowest BCUT2D eigenvalue weighted by molar-refractivity contribution is 0.0977. The molecule has 0 bridgehead atoms. The third-order valence-electron chi connectivity index (χ3n) is 8.21. The van der Waals surface area contributed by atoms with E-state index in [1.165, 1.54) is 17.3 Å². The van der Waals surface area contributed by atoms with Crippen molar-refractivity contribution in [3.05, 3.63) is 143 Å². The lowest BCUT2D eigenvalue weighted by atomic mass is 9.83. The Bertz CT molecular complexity index is 1890. The van der Waals surface area contributed by atoms with Crippen molar-refractivity contribution in [3.8, 4) is 11.5 Å². The largest absolute Gasteiger partial charge is 0.494 e. The Labute approximate surface area is 281 Å². The van der Waals surface area contributed by atoms with Gasteiger partial charge in [-0.25, -0.2) is 0 Å². The van der Waals surface area contributed by atoms with Gasteiger partial charge in [-0.05, 0) is 83.6 Å². The Kier molecular flexibility index (Phi) is 9.50. The first-order chi connectivity index (χ1) is 22.7. The molecule has 0 spiro atoms. The summed E-state index contributed by atoms with van der Waals surface area (Å²) in [5, 5.41) is 3.35. The van der Waals surface area contributed by atoms with Gasteiger partial charge in [0.05, 0.1) is 17.9 Å². The predicted octanol–water partition coefficient (Wildman–Crippen LogP) is 10.4. The van der Waals surface area contributed by atoms with Crippen LogP contribution in [0.5, 0.6) is 11.5 Å². The van der Waals surface area contributed by atoms with Crippen molar-refractivity contribution in [2.75, 3.05) is 11.9 Å². The Morgan fingerprint density at radius 1 is 0.681 bits per heavy atom. The minimum Gasteiger partial charge on any atom is -0.494 e. The summed E-state index contributed by atoms with van der Waals surface area (Å²) in [6, 6.07) is 34.9. The van der Waals surface area contributed by atoms with Crippen LogP contribution in [0.15, 0.2) is 119 Å². The van der Waals surface area contributed by atoms with Crippen molar-refractivity contribution in [3.63, 3.8) is 0 Å². The zero-order chi connectivity index (χ0) is 33.0. The lowest BCUT2D eigenvalue weighted by Crippen LogP contribution is -2.23. The van der Waals surface area contributed by atoms with Crippen LogP contribution >= 0.6 is 11.8 Å². The molecule has 6 rings (SSSR count). The van der Waals surface area contributed by atoms with Crippen molar-refractivity contribution >= 4 is 34.7 Å². The van der Waals surface area contributed by atoms with Gasteiger partial charge in [-0.3, -0.25) is 9.59 Å². The maximum absolute atomic E-state index is 14.0. The number of anilines is 2. The van der Waals surface area contributed by atoms with Crippen LogP contribution in [0.1, 0.15) is 83.5 Å². The van der Waals surface area contributed by atoms with Crippen LogP contribution in [0, 0.1) is 0 Å². The molecule has 0 aromatic heterocycles. The number of hydrogen-bond acceptors (Lipinski definition) is 6. The highest BCUT2D eigenvalue weighted by Crippen LogP contribution is 2.40. The highest BCUT2D eigenvalue weighted by atomic mass is 32.2. The normalized spacial score (nSPS) is 12.3. The smallest absolute Gasteiger partial charge is 0.196 e. The van der Waals surface area contributed by atoms with E-state index in [0.29, 0.717) is 41.2 Å². The van der Waals surface area contributed by atoms with Gasteiger partial charge in [0.2, 0.25) is 0 Å². The zero-order valence-corrected chi connectivity index (χ0v) is 28.1. The van der Waals surface area contributed by atoms with Crippen molar-refractivity contribution in [2.45, 2.75) is 62.3 Å². The number of carbonyl (C=O) groups is 2. The third-order valence-corrected chi connectivity index (χ3v) is 9.28. The molecule has 0 atom stereocenters. The number of ether oxygens (including phenoxy) is 2. The summed E-state index contributed by atoms with van der Waals surface area (Å²) in [6.07, 6.45) is 2.08. The maximum Gasteiger partial charge on any atom is 0.196 e. The van der Waals surface area contributed by atoms with E-state index in [2.05, 4.69) is 57.3 Å². The molecule has 5 nitrogen and oxygen atoms in total. The lowest BCUT2D eigenvalue weighted by Gasteiger charge is -2.22. The van der Waals surface area contributed by atoms with E-state index in [1.54, 1.807) is 12.1 Å². The number of rotatable bonds is 11. The molecular formula is C41H39NO4S. The molecular weight excluding hydrogens is 603 g/mol. The fraction of sp³-hybridized carbons (Fsp3) is 0.220. The van der Waals surface area contributed by atoms with E-state index < -0.39 is 0 Å². The number of unbranched alkanes of at least 4 members (excludes halogenated alkanes) is 1. The summed E-state index contributed by atoms with van der Waals surface area (Å²) in [6.45, 7) is 9.91. The van der Waals surface area contributed by atoms with Crippen molar-refractivity contribution in [1.82, 2.24) is 0 Å². The molecule has 0 heterocycles. The van der Waals surface area contributed by atoms with E-state index in [-0.39, 0.29) is 17.0 Å². The van der Waals surface area contributed by atoms with Crippen LogP contribution in [0.25, 0.3) is 0 Å². The second-order valence-electron chi connectivity index (χ2n) is 12.7. The molecule has 0 saturated carbocycles. The monoisotopic (exact) mass is 641 g/mol. The van der Waals surface area contributed by atoms with Gasteiger partial charge in [0.1, 0.15) is 18.1 Å². The average Bonchev–Trinajstić information content (AvgIpc) is 3.07. The van der Waals surface area contributed by atoms with Gasteiger partial charge in [-0.15, -0.1) is 0 Å². The SMILES string of the molecule is CCCCOc1ccc(Nc2cccc3c2C(=O)c2cccc(Sc4ccc(OCc5ccc(C(C)(C)C)cc5)cc4)c2C3=O)cc1. The van der Waals surface area contributed by atoms with Crippen LogP contribution in [0.3, 0.4) is 0 Å². The summed E-state index contributed by atoms with van der Waals surface area (Å²) in [7, 11) is 0.